The van der Waals surface area contributed by atoms with Crippen molar-refractivity contribution >= 4 is 11.9 Å². The highest BCUT2D eigenvalue weighted by Crippen LogP contribution is 2.19. The third-order valence-corrected chi connectivity index (χ3v) is 4.25. The van der Waals surface area contributed by atoms with E-state index in [2.05, 4.69) is 46.2 Å². The van der Waals surface area contributed by atoms with Crippen LogP contribution in [0.5, 0.6) is 0 Å². The Hall–Kier alpha value is -2.99. The van der Waals surface area contributed by atoms with Gasteiger partial charge in [-0.2, -0.15) is 9.78 Å². The third kappa shape index (κ3) is 3.97. The van der Waals surface area contributed by atoms with Crippen LogP contribution in [0.15, 0.2) is 60.0 Å². The first kappa shape index (κ1) is 17.8. The van der Waals surface area contributed by atoms with E-state index in [1.165, 1.54) is 0 Å². The fraction of sp³-hybridized carbons (Fsp3) is 0.250. The lowest BCUT2D eigenvalue weighted by molar-refractivity contribution is 0.302. The van der Waals surface area contributed by atoms with E-state index in [-0.39, 0.29) is 6.61 Å². The second-order valence-corrected chi connectivity index (χ2v) is 5.95. The van der Waals surface area contributed by atoms with E-state index in [1.54, 1.807) is 11.0 Å². The summed E-state index contributed by atoms with van der Waals surface area (Å²) in [7, 11) is 0. The second kappa shape index (κ2) is 8.40. The fourth-order valence-electron chi connectivity index (χ4n) is 2.81. The van der Waals surface area contributed by atoms with Crippen LogP contribution in [0, 0.1) is 6.92 Å². The molecular weight excluding hydrogens is 326 g/mol. The summed E-state index contributed by atoms with van der Waals surface area (Å²) in [6, 6.07) is 16.1. The number of aromatic nitrogens is 3. The summed E-state index contributed by atoms with van der Waals surface area (Å²) in [4.78, 5) is 2.14. The summed E-state index contributed by atoms with van der Waals surface area (Å²) >= 11 is 0. The van der Waals surface area contributed by atoms with Crippen LogP contribution in [0.4, 0.5) is 5.69 Å². The van der Waals surface area contributed by atoms with Crippen molar-refractivity contribution in [3.8, 4) is 11.4 Å². The summed E-state index contributed by atoms with van der Waals surface area (Å²) in [6.07, 6.45) is 3.42. The Bertz CT molecular complexity index is 873. The quantitative estimate of drug-likeness (QED) is 0.666. The largest absolute Gasteiger partial charge is 0.395 e. The summed E-state index contributed by atoms with van der Waals surface area (Å²) < 4.78 is 1.67. The highest BCUT2D eigenvalue weighted by molar-refractivity contribution is 5.82. The monoisotopic (exact) mass is 349 g/mol. The topological polar surface area (TPSA) is 66.5 Å². The van der Waals surface area contributed by atoms with Crippen molar-refractivity contribution in [1.29, 1.82) is 0 Å². The Kier molecular flexibility index (Phi) is 5.76. The molecule has 1 aromatic heterocycles. The first-order valence-electron chi connectivity index (χ1n) is 8.69. The predicted octanol–water partition coefficient (Wildman–Crippen LogP) is 2.95. The van der Waals surface area contributed by atoms with Crippen molar-refractivity contribution in [1.82, 2.24) is 14.9 Å². The first-order valence-corrected chi connectivity index (χ1v) is 8.69. The molecule has 0 bridgehead atoms. The second-order valence-electron chi connectivity index (χ2n) is 5.95. The van der Waals surface area contributed by atoms with Gasteiger partial charge in [-0.3, -0.25) is 0 Å². The molecule has 1 heterocycles. The lowest BCUT2D eigenvalue weighted by Gasteiger charge is -2.22. The van der Waals surface area contributed by atoms with E-state index in [0.717, 1.165) is 28.9 Å². The van der Waals surface area contributed by atoms with Crippen molar-refractivity contribution in [2.45, 2.75) is 13.8 Å². The Morgan fingerprint density at radius 2 is 2.00 bits per heavy atom. The molecule has 26 heavy (non-hydrogen) atoms. The molecule has 0 aliphatic carbocycles. The van der Waals surface area contributed by atoms with Crippen LogP contribution in [-0.4, -0.2) is 45.9 Å². The molecule has 0 aliphatic rings. The van der Waals surface area contributed by atoms with Gasteiger partial charge in [-0.25, -0.2) is 0 Å². The number of hydrogen-bond acceptors (Lipinski definition) is 5. The zero-order valence-electron chi connectivity index (χ0n) is 15.1. The van der Waals surface area contributed by atoms with Crippen LogP contribution in [0.1, 0.15) is 18.1 Å². The van der Waals surface area contributed by atoms with Crippen molar-refractivity contribution in [2.75, 3.05) is 24.6 Å². The maximum absolute atomic E-state index is 9.19. The number of nitrogens with zero attached hydrogens (tertiary/aromatic N) is 5. The minimum Gasteiger partial charge on any atom is -0.395 e. The normalized spacial score (nSPS) is 11.2. The molecule has 0 fully saturated rings. The van der Waals surface area contributed by atoms with E-state index in [1.807, 2.05) is 42.6 Å². The van der Waals surface area contributed by atoms with E-state index in [0.29, 0.717) is 12.4 Å². The van der Waals surface area contributed by atoms with Crippen LogP contribution in [0.2, 0.25) is 0 Å². The summed E-state index contributed by atoms with van der Waals surface area (Å²) in [5, 5.41) is 21.8. The minimum absolute atomic E-state index is 0.145. The zero-order valence-corrected chi connectivity index (χ0v) is 15.1. The van der Waals surface area contributed by atoms with Crippen molar-refractivity contribution in [2.24, 2.45) is 5.10 Å². The van der Waals surface area contributed by atoms with Gasteiger partial charge < -0.3 is 10.0 Å². The average Bonchev–Trinajstić information content (AvgIpc) is 3.14. The maximum atomic E-state index is 9.19. The van der Waals surface area contributed by atoms with Crippen LogP contribution in [0.3, 0.4) is 0 Å². The lowest BCUT2D eigenvalue weighted by atomic mass is 10.1. The summed E-state index contributed by atoms with van der Waals surface area (Å²) in [5.41, 5.74) is 4.22. The highest BCUT2D eigenvalue weighted by Gasteiger charge is 2.07. The molecule has 0 unspecified atom stereocenters. The fourth-order valence-corrected chi connectivity index (χ4v) is 2.81. The van der Waals surface area contributed by atoms with Gasteiger partial charge in [0.05, 0.1) is 12.8 Å². The minimum atomic E-state index is 0.145. The number of rotatable bonds is 7. The SMILES string of the molecule is CCN(CCO)c1ccc(/C=N\n2cnnc2-c2ccccc2)c(C)c1. The van der Waals surface area contributed by atoms with Gasteiger partial charge in [0.25, 0.3) is 0 Å². The number of benzene rings is 2. The van der Waals surface area contributed by atoms with Crippen LogP contribution in [-0.2, 0) is 0 Å². The number of aliphatic hydroxyl groups excluding tert-OH is 1. The van der Waals surface area contributed by atoms with E-state index in [9.17, 15) is 5.11 Å². The average molecular weight is 349 g/mol. The molecule has 2 aromatic carbocycles. The van der Waals surface area contributed by atoms with E-state index < -0.39 is 0 Å². The third-order valence-electron chi connectivity index (χ3n) is 4.25. The van der Waals surface area contributed by atoms with E-state index >= 15 is 0 Å². The van der Waals surface area contributed by atoms with Crippen LogP contribution in [0.25, 0.3) is 11.4 Å². The predicted molar refractivity (Wildman–Crippen MR) is 105 cm³/mol. The van der Waals surface area contributed by atoms with Gasteiger partial charge in [0.1, 0.15) is 6.33 Å². The molecule has 6 nitrogen and oxygen atoms in total. The highest BCUT2D eigenvalue weighted by atomic mass is 16.3. The molecule has 3 rings (SSSR count). The molecule has 0 atom stereocenters. The number of likely N-dealkylation sites (N-methyl/N-ethyl adjacent to an activating group) is 1. The molecule has 0 spiro atoms. The van der Waals surface area contributed by atoms with Crippen LogP contribution >= 0.6 is 0 Å². The summed E-state index contributed by atoms with van der Waals surface area (Å²) in [6.45, 7) is 5.77. The first-order chi connectivity index (χ1) is 12.7. The lowest BCUT2D eigenvalue weighted by Crippen LogP contribution is -2.26. The molecule has 6 heteroatoms. The van der Waals surface area contributed by atoms with Crippen LogP contribution < -0.4 is 4.90 Å². The van der Waals surface area contributed by atoms with Crippen molar-refractivity contribution in [3.05, 3.63) is 66.0 Å². The van der Waals surface area contributed by atoms with Gasteiger partial charge in [0.2, 0.25) is 0 Å². The van der Waals surface area contributed by atoms with Gasteiger partial charge in [0, 0.05) is 24.3 Å². The van der Waals surface area contributed by atoms with Crippen molar-refractivity contribution in [3.63, 3.8) is 0 Å². The Morgan fingerprint density at radius 1 is 1.19 bits per heavy atom. The Morgan fingerprint density at radius 3 is 2.69 bits per heavy atom. The molecule has 0 saturated carbocycles. The molecule has 134 valence electrons. The standard InChI is InChI=1S/C20H23N5O/c1-3-24(11-12-26)19-10-9-18(16(2)13-19)14-22-25-15-21-23-20(25)17-7-5-4-6-8-17/h4-10,13-15,26H,3,11-12H2,1-2H3/b22-14-. The molecule has 1 N–H and O–H groups in total. The molecular formula is C20H23N5O. The summed E-state index contributed by atoms with van der Waals surface area (Å²) in [5.74, 6) is 0.705. The number of hydrogen-bond donors (Lipinski definition) is 1. The smallest absolute Gasteiger partial charge is 0.184 e. The number of aryl methyl sites for hydroxylation is 1. The van der Waals surface area contributed by atoms with Gasteiger partial charge in [-0.15, -0.1) is 10.2 Å². The Labute approximate surface area is 153 Å². The molecule has 0 saturated heterocycles. The maximum Gasteiger partial charge on any atom is 0.184 e. The molecule has 0 amide bonds. The number of aliphatic hydroxyl groups is 1. The zero-order chi connectivity index (χ0) is 18.4. The number of anilines is 1. The van der Waals surface area contributed by atoms with E-state index in [4.69, 9.17) is 0 Å². The Balaban J connectivity index is 1.83. The van der Waals surface area contributed by atoms with Gasteiger partial charge in [-0.05, 0) is 37.1 Å². The molecule has 0 aliphatic heterocycles. The van der Waals surface area contributed by atoms with Gasteiger partial charge >= 0.3 is 0 Å². The van der Waals surface area contributed by atoms with Crippen molar-refractivity contribution < 1.29 is 5.11 Å². The molecule has 0 radical (unpaired) electrons. The van der Waals surface area contributed by atoms with Gasteiger partial charge in [-0.1, -0.05) is 36.4 Å². The molecule has 3 aromatic rings. The van der Waals surface area contributed by atoms with Gasteiger partial charge in [0.15, 0.2) is 5.82 Å².